The molecule has 3 fully saturated rings. The van der Waals surface area contributed by atoms with E-state index in [1.165, 1.54) is 32.1 Å². The van der Waals surface area contributed by atoms with Gasteiger partial charge in [-0.2, -0.15) is 0 Å². The summed E-state index contributed by atoms with van der Waals surface area (Å²) >= 11 is 0. The number of carboxylic acid groups (broad SMARTS) is 1. The van der Waals surface area contributed by atoms with Gasteiger partial charge in [0, 0.05) is 31.7 Å². The molecule has 2 aliphatic heterocycles. The van der Waals surface area contributed by atoms with Crippen LogP contribution in [-0.2, 0) is 9.59 Å². The lowest BCUT2D eigenvalue weighted by Crippen LogP contribution is -2.54. The second kappa shape index (κ2) is 10.6. The van der Waals surface area contributed by atoms with E-state index in [9.17, 15) is 9.59 Å². The molecule has 27 heavy (non-hydrogen) atoms. The summed E-state index contributed by atoms with van der Waals surface area (Å²) in [5.41, 5.74) is 0. The molecule has 7 heteroatoms. The minimum Gasteiger partial charge on any atom is -0.480 e. The largest absolute Gasteiger partial charge is 0.480 e. The van der Waals surface area contributed by atoms with Gasteiger partial charge in [0.2, 0.25) is 5.91 Å². The number of amides is 1. The molecule has 1 amide bonds. The lowest BCUT2D eigenvalue weighted by Gasteiger charge is -2.45. The first kappa shape index (κ1) is 22.4. The maximum atomic E-state index is 12.9. The second-order valence-electron chi connectivity index (χ2n) is 8.31. The van der Waals surface area contributed by atoms with Gasteiger partial charge in [-0.25, -0.2) is 0 Å². The first-order chi connectivity index (χ1) is 12.6. The van der Waals surface area contributed by atoms with Crippen molar-refractivity contribution in [1.82, 2.24) is 14.7 Å². The number of likely N-dealkylation sites (tertiary alicyclic amines) is 2. The fraction of sp³-hybridized carbons (Fsp3) is 0.900. The van der Waals surface area contributed by atoms with E-state index in [0.29, 0.717) is 24.5 Å². The first-order valence-corrected chi connectivity index (χ1v) is 10.6. The van der Waals surface area contributed by atoms with Crippen LogP contribution in [0.1, 0.15) is 58.3 Å². The van der Waals surface area contributed by atoms with Gasteiger partial charge in [-0.1, -0.05) is 19.8 Å². The van der Waals surface area contributed by atoms with Crippen LogP contribution in [0.4, 0.5) is 0 Å². The van der Waals surface area contributed by atoms with Crippen molar-refractivity contribution in [3.8, 4) is 0 Å². The van der Waals surface area contributed by atoms with Gasteiger partial charge in [0.05, 0.1) is 13.1 Å². The quantitative estimate of drug-likeness (QED) is 0.740. The number of piperidine rings is 2. The Bertz CT molecular complexity index is 495. The van der Waals surface area contributed by atoms with Gasteiger partial charge in [-0.15, -0.1) is 12.4 Å². The highest BCUT2D eigenvalue weighted by Gasteiger charge is 2.36. The Morgan fingerprint density at radius 1 is 1.00 bits per heavy atom. The third kappa shape index (κ3) is 5.81. The molecule has 1 aliphatic carbocycles. The number of fused-ring (bicyclic) bond motifs is 1. The predicted octanol–water partition coefficient (Wildman–Crippen LogP) is 2.46. The van der Waals surface area contributed by atoms with Gasteiger partial charge in [-0.3, -0.25) is 19.4 Å². The van der Waals surface area contributed by atoms with E-state index < -0.39 is 5.97 Å². The molecule has 0 radical (unpaired) electrons. The number of hydrogen-bond acceptors (Lipinski definition) is 4. The molecule has 1 N–H and O–H groups in total. The molecule has 6 nitrogen and oxygen atoms in total. The van der Waals surface area contributed by atoms with Crippen LogP contribution in [-0.4, -0.2) is 83.0 Å². The lowest BCUT2D eigenvalue weighted by atomic mass is 9.78. The topological polar surface area (TPSA) is 64.1 Å². The van der Waals surface area contributed by atoms with E-state index in [1.54, 1.807) is 0 Å². The van der Waals surface area contributed by atoms with Gasteiger partial charge in [-0.05, 0) is 51.0 Å². The van der Waals surface area contributed by atoms with Crippen molar-refractivity contribution in [2.75, 3.05) is 39.3 Å². The summed E-state index contributed by atoms with van der Waals surface area (Å²) in [6, 6.07) is 0.828. The van der Waals surface area contributed by atoms with Gasteiger partial charge >= 0.3 is 5.97 Å². The lowest BCUT2D eigenvalue weighted by molar-refractivity contribution is -0.139. The number of halogens is 1. The SMILES string of the molecule is CCN(CC(=O)O)C1CCN(CC(=O)N2CCCC3CCCCC32)CC1.Cl. The first-order valence-electron chi connectivity index (χ1n) is 10.6. The fourth-order valence-electron chi connectivity index (χ4n) is 5.33. The van der Waals surface area contributed by atoms with Gasteiger partial charge in [0.1, 0.15) is 0 Å². The molecule has 2 heterocycles. The predicted molar refractivity (Wildman–Crippen MR) is 108 cm³/mol. The molecule has 0 aromatic rings. The number of rotatable bonds is 6. The zero-order chi connectivity index (χ0) is 18.5. The highest BCUT2D eigenvalue weighted by molar-refractivity contribution is 5.85. The highest BCUT2D eigenvalue weighted by atomic mass is 35.5. The Morgan fingerprint density at radius 3 is 2.33 bits per heavy atom. The van der Waals surface area contributed by atoms with Crippen molar-refractivity contribution in [3.63, 3.8) is 0 Å². The standard InChI is InChI=1S/C20H35N3O3.ClH/c1-2-22(15-20(25)26)17-9-12-21(13-10-17)14-19(24)23-11-5-7-16-6-3-4-8-18(16)23;/h16-18H,2-15H2,1H3,(H,25,26);1H. The third-order valence-electron chi connectivity index (χ3n) is 6.74. The Morgan fingerprint density at radius 2 is 1.67 bits per heavy atom. The minimum atomic E-state index is -0.753. The number of carboxylic acids is 1. The van der Waals surface area contributed by atoms with E-state index in [-0.39, 0.29) is 19.0 Å². The van der Waals surface area contributed by atoms with Crippen molar-refractivity contribution in [2.45, 2.75) is 70.4 Å². The zero-order valence-electron chi connectivity index (χ0n) is 16.6. The molecule has 1 saturated carbocycles. The van der Waals surface area contributed by atoms with E-state index >= 15 is 0 Å². The normalized spacial score (nSPS) is 27.1. The van der Waals surface area contributed by atoms with Crippen molar-refractivity contribution in [1.29, 1.82) is 0 Å². The molecule has 0 aromatic heterocycles. The van der Waals surface area contributed by atoms with Crippen LogP contribution in [0.3, 0.4) is 0 Å². The van der Waals surface area contributed by atoms with E-state index in [4.69, 9.17) is 5.11 Å². The Labute approximate surface area is 169 Å². The van der Waals surface area contributed by atoms with Crippen LogP contribution in [0.2, 0.25) is 0 Å². The summed E-state index contributed by atoms with van der Waals surface area (Å²) in [5, 5.41) is 9.05. The number of hydrogen-bond donors (Lipinski definition) is 1. The average Bonchev–Trinajstić information content (AvgIpc) is 2.66. The Kier molecular flexibility index (Phi) is 8.83. The molecule has 0 spiro atoms. The molecule has 3 rings (SSSR count). The summed E-state index contributed by atoms with van der Waals surface area (Å²) in [4.78, 5) is 30.5. The van der Waals surface area contributed by atoms with E-state index in [0.717, 1.165) is 51.4 Å². The molecule has 2 unspecified atom stereocenters. The third-order valence-corrected chi connectivity index (χ3v) is 6.74. The van der Waals surface area contributed by atoms with Crippen LogP contribution in [0.15, 0.2) is 0 Å². The van der Waals surface area contributed by atoms with Crippen molar-refractivity contribution in [3.05, 3.63) is 0 Å². The van der Waals surface area contributed by atoms with Gasteiger partial charge in [0.25, 0.3) is 0 Å². The number of carbonyl (C=O) groups is 2. The van der Waals surface area contributed by atoms with Crippen molar-refractivity contribution < 1.29 is 14.7 Å². The number of aliphatic carboxylic acids is 1. The molecular weight excluding hydrogens is 366 g/mol. The maximum Gasteiger partial charge on any atom is 0.317 e. The summed E-state index contributed by atoms with van der Waals surface area (Å²) in [7, 11) is 0. The Balaban J connectivity index is 0.00000261. The minimum absolute atomic E-state index is 0. The summed E-state index contributed by atoms with van der Waals surface area (Å²) in [5.74, 6) is 0.302. The monoisotopic (exact) mass is 401 g/mol. The van der Waals surface area contributed by atoms with E-state index in [2.05, 4.69) is 14.7 Å². The molecule has 0 aromatic carbocycles. The molecular formula is C20H36ClN3O3. The average molecular weight is 402 g/mol. The highest BCUT2D eigenvalue weighted by Crippen LogP contribution is 2.35. The van der Waals surface area contributed by atoms with Gasteiger partial charge < -0.3 is 10.0 Å². The zero-order valence-corrected chi connectivity index (χ0v) is 17.5. The van der Waals surface area contributed by atoms with Crippen LogP contribution in [0, 0.1) is 5.92 Å². The van der Waals surface area contributed by atoms with Crippen LogP contribution >= 0.6 is 12.4 Å². The second-order valence-corrected chi connectivity index (χ2v) is 8.31. The van der Waals surface area contributed by atoms with E-state index in [1.807, 2.05) is 6.92 Å². The van der Waals surface area contributed by atoms with Crippen LogP contribution in [0.5, 0.6) is 0 Å². The summed E-state index contributed by atoms with van der Waals surface area (Å²) in [6.45, 7) is 6.20. The molecule has 2 atom stereocenters. The number of likely N-dealkylation sites (N-methyl/N-ethyl adjacent to an activating group) is 1. The van der Waals surface area contributed by atoms with Crippen molar-refractivity contribution in [2.24, 2.45) is 5.92 Å². The van der Waals surface area contributed by atoms with Crippen LogP contribution < -0.4 is 0 Å². The molecule has 0 bridgehead atoms. The fourth-order valence-corrected chi connectivity index (χ4v) is 5.33. The van der Waals surface area contributed by atoms with Crippen molar-refractivity contribution >= 4 is 24.3 Å². The Hall–Kier alpha value is -0.850. The summed E-state index contributed by atoms with van der Waals surface area (Å²) in [6.07, 6.45) is 9.48. The van der Waals surface area contributed by atoms with Crippen LogP contribution in [0.25, 0.3) is 0 Å². The summed E-state index contributed by atoms with van der Waals surface area (Å²) < 4.78 is 0. The number of nitrogens with zero attached hydrogens (tertiary/aromatic N) is 3. The van der Waals surface area contributed by atoms with Gasteiger partial charge in [0.15, 0.2) is 0 Å². The molecule has 3 aliphatic rings. The number of carbonyl (C=O) groups excluding carboxylic acids is 1. The maximum absolute atomic E-state index is 12.9. The molecule has 2 saturated heterocycles. The smallest absolute Gasteiger partial charge is 0.317 e. The molecule has 156 valence electrons.